The van der Waals surface area contributed by atoms with E-state index in [1.54, 1.807) is 45.0 Å². The van der Waals surface area contributed by atoms with Gasteiger partial charge in [-0.25, -0.2) is 18.1 Å². The van der Waals surface area contributed by atoms with Gasteiger partial charge in [-0.2, -0.15) is 0 Å². The molecule has 0 fully saturated rings. The Morgan fingerprint density at radius 3 is 2.44 bits per heavy atom. The Labute approximate surface area is 147 Å². The molecule has 2 N–H and O–H groups in total. The molecule has 8 heteroatoms. The van der Waals surface area contributed by atoms with Crippen LogP contribution in [0.15, 0.2) is 47.5 Å². The number of aromatic nitrogens is 1. The average Bonchev–Trinajstić information content (AvgIpc) is 2.53. The van der Waals surface area contributed by atoms with Crippen molar-refractivity contribution in [1.29, 1.82) is 0 Å². The second-order valence-corrected chi connectivity index (χ2v) is 8.11. The van der Waals surface area contributed by atoms with Crippen molar-refractivity contribution < 1.29 is 17.9 Å². The van der Waals surface area contributed by atoms with Gasteiger partial charge in [0.05, 0.1) is 17.6 Å². The molecule has 7 nitrogen and oxygen atoms in total. The predicted octanol–water partition coefficient (Wildman–Crippen LogP) is 2.42. The average molecular weight is 363 g/mol. The van der Waals surface area contributed by atoms with Crippen LogP contribution in [0.2, 0.25) is 0 Å². The third-order valence-corrected chi connectivity index (χ3v) is 4.81. The highest BCUT2D eigenvalue weighted by molar-refractivity contribution is 7.89. The van der Waals surface area contributed by atoms with Gasteiger partial charge in [-0.3, -0.25) is 4.79 Å². The maximum Gasteiger partial charge on any atom is 0.257 e. The maximum atomic E-state index is 12.4. The number of carbonyl (C=O) groups excluding carboxylic acids is 1. The molecule has 0 aliphatic rings. The van der Waals surface area contributed by atoms with Crippen LogP contribution in [-0.4, -0.2) is 32.0 Å². The number of rotatable bonds is 5. The van der Waals surface area contributed by atoms with Crippen LogP contribution in [0.3, 0.4) is 0 Å². The number of methoxy groups -OCH3 is 1. The fraction of sp³-hybridized carbons (Fsp3) is 0.294. The Hall–Kier alpha value is -2.45. The number of nitrogens with zero attached hydrogens (tertiary/aromatic N) is 1. The summed E-state index contributed by atoms with van der Waals surface area (Å²) in [4.78, 5) is 16.3. The van der Waals surface area contributed by atoms with Gasteiger partial charge in [0.1, 0.15) is 0 Å². The highest BCUT2D eigenvalue weighted by Crippen LogP contribution is 2.18. The van der Waals surface area contributed by atoms with E-state index < -0.39 is 21.5 Å². The molecule has 0 spiro atoms. The quantitative estimate of drug-likeness (QED) is 0.850. The van der Waals surface area contributed by atoms with Crippen molar-refractivity contribution in [3.05, 3.63) is 48.2 Å². The molecule has 25 heavy (non-hydrogen) atoms. The lowest BCUT2D eigenvalue weighted by Gasteiger charge is -2.20. The van der Waals surface area contributed by atoms with E-state index in [1.165, 1.54) is 25.4 Å². The van der Waals surface area contributed by atoms with Gasteiger partial charge in [-0.1, -0.05) is 6.07 Å². The summed E-state index contributed by atoms with van der Waals surface area (Å²) in [7, 11) is -2.19. The van der Waals surface area contributed by atoms with E-state index in [1.807, 2.05) is 0 Å². The standard InChI is InChI=1S/C17H21N3O4S/c1-17(2,3)20-25(22,23)14-7-5-6-13(10-14)19-16(21)12-8-9-15(24-4)18-11-12/h5-11,20H,1-4H3,(H,19,21). The number of carbonyl (C=O) groups is 1. The molecule has 0 unspecified atom stereocenters. The lowest BCUT2D eigenvalue weighted by Crippen LogP contribution is -2.40. The van der Waals surface area contributed by atoms with Gasteiger partial charge in [-0.05, 0) is 45.0 Å². The van der Waals surface area contributed by atoms with Crippen LogP contribution >= 0.6 is 0 Å². The monoisotopic (exact) mass is 363 g/mol. The Morgan fingerprint density at radius 1 is 1.16 bits per heavy atom. The van der Waals surface area contributed by atoms with Crippen LogP contribution in [-0.2, 0) is 10.0 Å². The Morgan fingerprint density at radius 2 is 1.88 bits per heavy atom. The molecule has 0 saturated heterocycles. The van der Waals surface area contributed by atoms with Gasteiger partial charge in [0, 0.05) is 23.5 Å². The van der Waals surface area contributed by atoms with E-state index in [4.69, 9.17) is 4.74 Å². The number of benzene rings is 1. The summed E-state index contributed by atoms with van der Waals surface area (Å²) in [5, 5.41) is 2.66. The number of hydrogen-bond acceptors (Lipinski definition) is 5. The summed E-state index contributed by atoms with van der Waals surface area (Å²) in [5.41, 5.74) is 0.104. The summed E-state index contributed by atoms with van der Waals surface area (Å²) in [6.07, 6.45) is 1.38. The third kappa shape index (κ3) is 5.27. The van der Waals surface area contributed by atoms with Crippen molar-refractivity contribution >= 4 is 21.6 Å². The lowest BCUT2D eigenvalue weighted by molar-refractivity contribution is 0.102. The second kappa shape index (κ2) is 7.20. The number of hydrogen-bond donors (Lipinski definition) is 2. The maximum absolute atomic E-state index is 12.4. The third-order valence-electron chi connectivity index (χ3n) is 3.05. The normalized spacial score (nSPS) is 11.8. The highest BCUT2D eigenvalue weighted by Gasteiger charge is 2.22. The molecular weight excluding hydrogens is 342 g/mol. The largest absolute Gasteiger partial charge is 0.481 e. The van der Waals surface area contributed by atoms with Gasteiger partial charge in [0.15, 0.2) is 0 Å². The summed E-state index contributed by atoms with van der Waals surface area (Å²) in [6.45, 7) is 5.27. The molecule has 0 radical (unpaired) electrons. The molecular formula is C17H21N3O4S. The van der Waals surface area contributed by atoms with Gasteiger partial charge < -0.3 is 10.1 Å². The number of pyridine rings is 1. The smallest absolute Gasteiger partial charge is 0.257 e. The fourth-order valence-corrected chi connectivity index (χ4v) is 3.51. The topological polar surface area (TPSA) is 97.4 Å². The van der Waals surface area contributed by atoms with E-state index in [0.29, 0.717) is 17.1 Å². The van der Waals surface area contributed by atoms with Crippen LogP contribution in [0.25, 0.3) is 0 Å². The molecule has 0 aliphatic heterocycles. The second-order valence-electron chi connectivity index (χ2n) is 6.43. The zero-order chi connectivity index (χ0) is 18.7. The van der Waals surface area contributed by atoms with Crippen molar-refractivity contribution in [1.82, 2.24) is 9.71 Å². The number of ether oxygens (including phenoxy) is 1. The van der Waals surface area contributed by atoms with Crippen molar-refractivity contribution in [3.63, 3.8) is 0 Å². The molecule has 1 amide bonds. The van der Waals surface area contributed by atoms with Crippen molar-refractivity contribution in [3.8, 4) is 5.88 Å². The highest BCUT2D eigenvalue weighted by atomic mass is 32.2. The first kappa shape index (κ1) is 18.9. The zero-order valence-electron chi connectivity index (χ0n) is 14.5. The van der Waals surface area contributed by atoms with Crippen molar-refractivity contribution in [2.24, 2.45) is 0 Å². The molecule has 134 valence electrons. The van der Waals surface area contributed by atoms with Gasteiger partial charge in [-0.15, -0.1) is 0 Å². The van der Waals surface area contributed by atoms with E-state index >= 15 is 0 Å². The predicted molar refractivity (Wildman–Crippen MR) is 95.3 cm³/mol. The summed E-state index contributed by atoms with van der Waals surface area (Å²) < 4.78 is 32.3. The summed E-state index contributed by atoms with van der Waals surface area (Å²) in [5.74, 6) is 0.00590. The van der Waals surface area contributed by atoms with E-state index in [0.717, 1.165) is 0 Å². The van der Waals surface area contributed by atoms with E-state index in [2.05, 4.69) is 15.0 Å². The van der Waals surface area contributed by atoms with Gasteiger partial charge in [0.25, 0.3) is 5.91 Å². The molecule has 0 aliphatic carbocycles. The molecule has 1 aromatic heterocycles. The number of sulfonamides is 1. The van der Waals surface area contributed by atoms with Gasteiger partial charge >= 0.3 is 0 Å². The lowest BCUT2D eigenvalue weighted by atomic mass is 10.1. The molecule has 2 aromatic rings. The SMILES string of the molecule is COc1ccc(C(=O)Nc2cccc(S(=O)(=O)NC(C)(C)C)c2)cn1. The number of anilines is 1. The van der Waals surface area contributed by atoms with Crippen LogP contribution in [0.5, 0.6) is 5.88 Å². The fourth-order valence-electron chi connectivity index (χ4n) is 2.04. The van der Waals surface area contributed by atoms with Crippen LogP contribution in [0, 0.1) is 0 Å². The Kier molecular flexibility index (Phi) is 5.44. The summed E-state index contributed by atoms with van der Waals surface area (Å²) >= 11 is 0. The van der Waals surface area contributed by atoms with E-state index in [9.17, 15) is 13.2 Å². The minimum atomic E-state index is -3.68. The summed E-state index contributed by atoms with van der Waals surface area (Å²) in [6, 6.07) is 9.21. The van der Waals surface area contributed by atoms with Gasteiger partial charge in [0.2, 0.25) is 15.9 Å². The van der Waals surface area contributed by atoms with Crippen molar-refractivity contribution in [2.75, 3.05) is 12.4 Å². The Bertz CT molecular complexity index is 856. The van der Waals surface area contributed by atoms with Crippen LogP contribution in [0.4, 0.5) is 5.69 Å². The number of nitrogens with one attached hydrogen (secondary N) is 2. The molecule has 0 atom stereocenters. The van der Waals surface area contributed by atoms with E-state index in [-0.39, 0.29) is 4.90 Å². The molecule has 0 bridgehead atoms. The molecule has 1 heterocycles. The van der Waals surface area contributed by atoms with Crippen LogP contribution < -0.4 is 14.8 Å². The minimum absolute atomic E-state index is 0.0769. The van der Waals surface area contributed by atoms with Crippen molar-refractivity contribution in [2.45, 2.75) is 31.2 Å². The number of amides is 1. The van der Waals surface area contributed by atoms with Crippen LogP contribution in [0.1, 0.15) is 31.1 Å². The molecule has 2 rings (SSSR count). The molecule has 0 saturated carbocycles. The first-order valence-corrected chi connectivity index (χ1v) is 9.04. The zero-order valence-corrected chi connectivity index (χ0v) is 15.3. The minimum Gasteiger partial charge on any atom is -0.481 e. The first-order chi connectivity index (χ1) is 11.6. The molecule has 1 aromatic carbocycles. The Balaban J connectivity index is 2.19. The first-order valence-electron chi connectivity index (χ1n) is 7.56.